The number of nitrogens with zero attached hydrogens (tertiary/aromatic N) is 1. The Hall–Kier alpha value is -2.09. The molecule has 1 heterocycles. The Kier molecular flexibility index (Phi) is 3.01. The van der Waals surface area contributed by atoms with Gasteiger partial charge in [0.15, 0.2) is 0 Å². The van der Waals surface area contributed by atoms with Crippen LogP contribution in [0.25, 0.3) is 17.3 Å². The van der Waals surface area contributed by atoms with E-state index in [-0.39, 0.29) is 0 Å². The van der Waals surface area contributed by atoms with Gasteiger partial charge in [-0.25, -0.2) is 0 Å². The van der Waals surface area contributed by atoms with Crippen molar-refractivity contribution in [2.75, 3.05) is 7.11 Å². The fourth-order valence-corrected chi connectivity index (χ4v) is 1.58. The van der Waals surface area contributed by atoms with Gasteiger partial charge in [0.2, 0.25) is 0 Å². The molecule has 2 rings (SSSR count). The first-order valence-corrected chi connectivity index (χ1v) is 5.07. The van der Waals surface area contributed by atoms with Gasteiger partial charge < -0.3 is 4.74 Å². The lowest BCUT2D eigenvalue weighted by molar-refractivity contribution is 0.415. The Labute approximate surface area is 95.2 Å². The van der Waals surface area contributed by atoms with Crippen molar-refractivity contribution in [3.8, 4) is 17.0 Å². The molecule has 0 aliphatic heterocycles. The van der Waals surface area contributed by atoms with Crippen LogP contribution in [0.15, 0.2) is 49.2 Å². The minimum atomic E-state index is 0.825. The third kappa shape index (κ3) is 1.96. The number of pyridine rings is 1. The van der Waals surface area contributed by atoms with E-state index in [0.717, 1.165) is 22.6 Å². The highest BCUT2D eigenvalue weighted by molar-refractivity contribution is 5.73. The Morgan fingerprint density at radius 2 is 2.12 bits per heavy atom. The zero-order valence-corrected chi connectivity index (χ0v) is 9.18. The molecule has 2 nitrogen and oxygen atoms in total. The molecule has 0 aliphatic carbocycles. The number of hydrogen-bond donors (Lipinski definition) is 0. The summed E-state index contributed by atoms with van der Waals surface area (Å²) in [7, 11) is 1.66. The molecule has 1 aromatic heterocycles. The number of hydrogen-bond acceptors (Lipinski definition) is 2. The lowest BCUT2D eigenvalue weighted by Gasteiger charge is -2.07. The van der Waals surface area contributed by atoms with Gasteiger partial charge >= 0.3 is 0 Å². The largest absolute Gasteiger partial charge is 0.497 e. The third-order valence-corrected chi connectivity index (χ3v) is 2.42. The summed E-state index contributed by atoms with van der Waals surface area (Å²) < 4.78 is 5.21. The first kappa shape index (κ1) is 10.4. The van der Waals surface area contributed by atoms with E-state index >= 15 is 0 Å². The molecule has 0 spiro atoms. The van der Waals surface area contributed by atoms with Gasteiger partial charge in [-0.05, 0) is 29.8 Å². The number of rotatable bonds is 3. The SMILES string of the molecule is C=Cc1ccc(OC)cc1-c1ccccn1. The highest BCUT2D eigenvalue weighted by Gasteiger charge is 2.05. The number of ether oxygens (including phenoxy) is 1. The molecule has 0 aliphatic rings. The van der Waals surface area contributed by atoms with E-state index in [9.17, 15) is 0 Å². The molecule has 0 N–H and O–H groups in total. The Balaban J connectivity index is 2.57. The Morgan fingerprint density at radius 3 is 2.75 bits per heavy atom. The highest BCUT2D eigenvalue weighted by atomic mass is 16.5. The molecule has 0 fully saturated rings. The summed E-state index contributed by atoms with van der Waals surface area (Å²) in [5, 5.41) is 0. The molecule has 0 bridgehead atoms. The number of aromatic nitrogens is 1. The molecular weight excluding hydrogens is 198 g/mol. The summed E-state index contributed by atoms with van der Waals surface area (Å²) in [6.45, 7) is 3.80. The number of methoxy groups -OCH3 is 1. The summed E-state index contributed by atoms with van der Waals surface area (Å²) in [5.41, 5.74) is 3.02. The van der Waals surface area contributed by atoms with E-state index in [2.05, 4.69) is 11.6 Å². The third-order valence-electron chi connectivity index (χ3n) is 2.42. The standard InChI is InChI=1S/C14H13NO/c1-3-11-7-8-12(16-2)10-13(11)14-6-4-5-9-15-14/h3-10H,1H2,2H3. The van der Waals surface area contributed by atoms with Crippen molar-refractivity contribution < 1.29 is 4.74 Å². The monoisotopic (exact) mass is 211 g/mol. The molecular formula is C14H13NO. The van der Waals surface area contributed by atoms with E-state index in [4.69, 9.17) is 4.74 Å². The minimum absolute atomic E-state index is 0.825. The van der Waals surface area contributed by atoms with E-state index in [1.54, 1.807) is 13.3 Å². The molecule has 16 heavy (non-hydrogen) atoms. The van der Waals surface area contributed by atoms with Crippen LogP contribution in [0.1, 0.15) is 5.56 Å². The van der Waals surface area contributed by atoms with E-state index in [0.29, 0.717) is 0 Å². The van der Waals surface area contributed by atoms with Crippen molar-refractivity contribution in [1.29, 1.82) is 0 Å². The van der Waals surface area contributed by atoms with Crippen LogP contribution in [0.3, 0.4) is 0 Å². The minimum Gasteiger partial charge on any atom is -0.497 e. The summed E-state index contributed by atoms with van der Waals surface area (Å²) in [4.78, 5) is 4.33. The quantitative estimate of drug-likeness (QED) is 0.776. The molecule has 0 saturated heterocycles. The maximum Gasteiger partial charge on any atom is 0.119 e. The van der Waals surface area contributed by atoms with Crippen molar-refractivity contribution in [2.45, 2.75) is 0 Å². The van der Waals surface area contributed by atoms with Crippen LogP contribution in [0.5, 0.6) is 5.75 Å². The molecule has 0 unspecified atom stereocenters. The van der Waals surface area contributed by atoms with Crippen molar-refractivity contribution in [3.63, 3.8) is 0 Å². The van der Waals surface area contributed by atoms with Gasteiger partial charge in [-0.1, -0.05) is 24.8 Å². The second kappa shape index (κ2) is 4.62. The van der Waals surface area contributed by atoms with Gasteiger partial charge in [0.25, 0.3) is 0 Å². The van der Waals surface area contributed by atoms with Crippen LogP contribution in [-0.4, -0.2) is 12.1 Å². The van der Waals surface area contributed by atoms with Crippen LogP contribution in [0, 0.1) is 0 Å². The van der Waals surface area contributed by atoms with Crippen LogP contribution in [-0.2, 0) is 0 Å². The Morgan fingerprint density at radius 1 is 1.25 bits per heavy atom. The second-order valence-corrected chi connectivity index (χ2v) is 3.37. The summed E-state index contributed by atoms with van der Waals surface area (Å²) in [6.07, 6.45) is 3.60. The maximum absolute atomic E-state index is 5.21. The lowest BCUT2D eigenvalue weighted by Crippen LogP contribution is -1.89. The molecule has 0 radical (unpaired) electrons. The lowest BCUT2D eigenvalue weighted by atomic mass is 10.0. The van der Waals surface area contributed by atoms with Gasteiger partial charge in [0, 0.05) is 11.8 Å². The van der Waals surface area contributed by atoms with Crippen molar-refractivity contribution in [3.05, 3.63) is 54.7 Å². The Bertz CT molecular complexity index is 491. The zero-order valence-electron chi connectivity index (χ0n) is 9.18. The first-order valence-electron chi connectivity index (χ1n) is 5.07. The van der Waals surface area contributed by atoms with Gasteiger partial charge in [-0.15, -0.1) is 0 Å². The predicted octanol–water partition coefficient (Wildman–Crippen LogP) is 3.40. The van der Waals surface area contributed by atoms with Crippen LogP contribution in [0.2, 0.25) is 0 Å². The van der Waals surface area contributed by atoms with E-state index in [1.165, 1.54) is 0 Å². The fourth-order valence-electron chi connectivity index (χ4n) is 1.58. The van der Waals surface area contributed by atoms with Crippen molar-refractivity contribution >= 4 is 6.08 Å². The average Bonchev–Trinajstić information content (AvgIpc) is 2.39. The molecule has 80 valence electrons. The van der Waals surface area contributed by atoms with Gasteiger partial charge in [-0.2, -0.15) is 0 Å². The molecule has 1 aromatic carbocycles. The smallest absolute Gasteiger partial charge is 0.119 e. The molecule has 2 aromatic rings. The average molecular weight is 211 g/mol. The van der Waals surface area contributed by atoms with Crippen LogP contribution in [0.4, 0.5) is 0 Å². The second-order valence-electron chi connectivity index (χ2n) is 3.37. The summed E-state index contributed by atoms with van der Waals surface area (Å²) in [5.74, 6) is 0.825. The zero-order chi connectivity index (χ0) is 11.4. The first-order chi connectivity index (χ1) is 7.85. The number of benzene rings is 1. The van der Waals surface area contributed by atoms with Gasteiger partial charge in [-0.3, -0.25) is 4.98 Å². The molecule has 0 atom stereocenters. The van der Waals surface area contributed by atoms with Gasteiger partial charge in [0.1, 0.15) is 5.75 Å². The van der Waals surface area contributed by atoms with Crippen LogP contribution < -0.4 is 4.74 Å². The summed E-state index contributed by atoms with van der Waals surface area (Å²) in [6, 6.07) is 11.7. The highest BCUT2D eigenvalue weighted by Crippen LogP contribution is 2.27. The van der Waals surface area contributed by atoms with E-state index in [1.807, 2.05) is 42.5 Å². The predicted molar refractivity (Wildman–Crippen MR) is 66.3 cm³/mol. The van der Waals surface area contributed by atoms with Crippen molar-refractivity contribution in [1.82, 2.24) is 4.98 Å². The van der Waals surface area contributed by atoms with Gasteiger partial charge in [0.05, 0.1) is 12.8 Å². The summed E-state index contributed by atoms with van der Waals surface area (Å²) >= 11 is 0. The van der Waals surface area contributed by atoms with Crippen molar-refractivity contribution in [2.24, 2.45) is 0 Å². The molecule has 2 heteroatoms. The molecule has 0 saturated carbocycles. The van der Waals surface area contributed by atoms with Crippen LogP contribution >= 0.6 is 0 Å². The normalized spacial score (nSPS) is 9.81. The molecule has 0 amide bonds. The fraction of sp³-hybridized carbons (Fsp3) is 0.0714. The maximum atomic E-state index is 5.21. The van der Waals surface area contributed by atoms with E-state index < -0.39 is 0 Å². The topological polar surface area (TPSA) is 22.1 Å².